The highest BCUT2D eigenvalue weighted by molar-refractivity contribution is 5.85. The van der Waals surface area contributed by atoms with E-state index in [0.29, 0.717) is 6.61 Å². The Labute approximate surface area is 151 Å². The second-order valence-corrected chi connectivity index (χ2v) is 5.60. The van der Waals surface area contributed by atoms with Crippen LogP contribution in [0.5, 0.6) is 17.2 Å². The minimum Gasteiger partial charge on any atom is -0.492 e. The summed E-state index contributed by atoms with van der Waals surface area (Å²) in [6.45, 7) is 4.30. The normalized spacial score (nSPS) is 12.2. The lowest BCUT2D eigenvalue weighted by Crippen LogP contribution is -2.20. The van der Waals surface area contributed by atoms with Gasteiger partial charge >= 0.3 is 0 Å². The summed E-state index contributed by atoms with van der Waals surface area (Å²) >= 11 is 0. The van der Waals surface area contributed by atoms with E-state index < -0.39 is 0 Å². The van der Waals surface area contributed by atoms with Crippen LogP contribution in [0.25, 0.3) is 11.0 Å². The number of nitrogens with one attached hydrogen (secondary N) is 2. The molecule has 0 amide bonds. The molecule has 0 atom stereocenters. The summed E-state index contributed by atoms with van der Waals surface area (Å²) in [5.74, 6) is 2.27. The molecule has 2 aromatic heterocycles. The number of pyridine rings is 1. The number of nitrogens with zero attached hydrogens (tertiary/aromatic N) is 2. The number of hydrogen-bond donors (Lipinski definition) is 2. The Hall–Kier alpha value is -2.51. The van der Waals surface area contributed by atoms with Gasteiger partial charge in [0.15, 0.2) is 17.1 Å². The molecule has 3 aromatic rings. The summed E-state index contributed by atoms with van der Waals surface area (Å²) in [4.78, 5) is 4.34. The molecule has 4 rings (SSSR count). The molecule has 8 heteroatoms. The third-order valence-corrected chi connectivity index (χ3v) is 3.88. The van der Waals surface area contributed by atoms with Crippen LogP contribution in [0.2, 0.25) is 0 Å². The number of hydrogen-bond acceptors (Lipinski definition) is 6. The van der Waals surface area contributed by atoms with E-state index in [4.69, 9.17) is 14.2 Å². The van der Waals surface area contributed by atoms with Gasteiger partial charge in [-0.2, -0.15) is 5.10 Å². The lowest BCUT2D eigenvalue weighted by atomic mass is 10.2. The van der Waals surface area contributed by atoms with Gasteiger partial charge in [0.1, 0.15) is 12.4 Å². The maximum atomic E-state index is 5.72. The molecule has 1 aromatic carbocycles. The van der Waals surface area contributed by atoms with Gasteiger partial charge in [-0.25, -0.2) is 4.98 Å². The zero-order valence-electron chi connectivity index (χ0n) is 13.7. The number of fused-ring (bicyclic) bond motifs is 2. The molecule has 0 aliphatic carbocycles. The van der Waals surface area contributed by atoms with E-state index in [0.717, 1.165) is 52.6 Å². The molecular weight excluding hydrogens is 344 g/mol. The largest absolute Gasteiger partial charge is 0.492 e. The predicted octanol–water partition coefficient (Wildman–Crippen LogP) is 2.59. The number of ether oxygens (including phenoxy) is 3. The second kappa shape index (κ2) is 7.58. The third-order valence-electron chi connectivity index (χ3n) is 3.88. The fourth-order valence-electron chi connectivity index (χ4n) is 2.60. The first-order chi connectivity index (χ1) is 11.8. The van der Waals surface area contributed by atoms with Crippen LogP contribution in [0.4, 0.5) is 0 Å². The quantitative estimate of drug-likeness (QED) is 0.656. The van der Waals surface area contributed by atoms with Crippen LogP contribution in [0.15, 0.2) is 30.5 Å². The van der Waals surface area contributed by atoms with Crippen molar-refractivity contribution in [3.05, 3.63) is 41.7 Å². The first-order valence-electron chi connectivity index (χ1n) is 7.82. The smallest absolute Gasteiger partial charge is 0.231 e. The van der Waals surface area contributed by atoms with Gasteiger partial charge in [0.25, 0.3) is 0 Å². The van der Waals surface area contributed by atoms with E-state index in [1.807, 2.05) is 31.3 Å². The number of aromatic nitrogens is 3. The van der Waals surface area contributed by atoms with Gasteiger partial charge in [0.2, 0.25) is 6.79 Å². The number of halogens is 1. The molecule has 0 radical (unpaired) electrons. The summed E-state index contributed by atoms with van der Waals surface area (Å²) < 4.78 is 16.3. The van der Waals surface area contributed by atoms with Crippen molar-refractivity contribution in [2.75, 3.05) is 19.9 Å². The van der Waals surface area contributed by atoms with Gasteiger partial charge in [-0.3, -0.25) is 5.10 Å². The van der Waals surface area contributed by atoms with Crippen molar-refractivity contribution in [3.63, 3.8) is 0 Å². The average Bonchev–Trinajstić information content (AvgIpc) is 3.21. The second-order valence-electron chi connectivity index (χ2n) is 5.60. The number of aryl methyl sites for hydroxylation is 1. The average molecular weight is 363 g/mol. The first kappa shape index (κ1) is 17.3. The van der Waals surface area contributed by atoms with Crippen molar-refractivity contribution in [3.8, 4) is 17.2 Å². The fraction of sp³-hybridized carbons (Fsp3) is 0.294. The van der Waals surface area contributed by atoms with Crippen LogP contribution in [0.3, 0.4) is 0 Å². The summed E-state index contributed by atoms with van der Waals surface area (Å²) in [6.07, 6.45) is 1.84. The molecule has 1 aliphatic heterocycles. The van der Waals surface area contributed by atoms with Gasteiger partial charge in [-0.15, -0.1) is 12.4 Å². The number of rotatable bonds is 6. The van der Waals surface area contributed by atoms with Gasteiger partial charge in [-0.1, -0.05) is 0 Å². The van der Waals surface area contributed by atoms with Crippen LogP contribution in [-0.4, -0.2) is 35.1 Å². The first-order valence-corrected chi connectivity index (χ1v) is 7.82. The lowest BCUT2D eigenvalue weighted by molar-refractivity contribution is 0.173. The highest BCUT2D eigenvalue weighted by atomic mass is 35.5. The van der Waals surface area contributed by atoms with E-state index >= 15 is 0 Å². The SMILES string of the molecule is Cc1[nH]nc2ncc(CNCCOc3ccc4c(c3)OCO4)cc12.Cl. The molecular formula is C17H19ClN4O3. The van der Waals surface area contributed by atoms with E-state index in [2.05, 4.69) is 26.6 Å². The molecule has 0 spiro atoms. The number of aromatic amines is 1. The number of H-pyrrole nitrogens is 1. The van der Waals surface area contributed by atoms with Crippen LogP contribution in [-0.2, 0) is 6.54 Å². The van der Waals surface area contributed by atoms with Gasteiger partial charge in [0.05, 0.1) is 0 Å². The molecule has 25 heavy (non-hydrogen) atoms. The minimum atomic E-state index is 0. The van der Waals surface area contributed by atoms with Crippen LogP contribution in [0.1, 0.15) is 11.3 Å². The molecule has 0 bridgehead atoms. The van der Waals surface area contributed by atoms with E-state index in [1.165, 1.54) is 0 Å². The zero-order valence-corrected chi connectivity index (χ0v) is 14.6. The van der Waals surface area contributed by atoms with Crippen molar-refractivity contribution in [2.24, 2.45) is 0 Å². The third kappa shape index (κ3) is 3.78. The zero-order chi connectivity index (χ0) is 16.4. The Bertz CT molecular complexity index is 868. The Kier molecular flexibility index (Phi) is 5.25. The molecule has 7 nitrogen and oxygen atoms in total. The molecule has 3 heterocycles. The minimum absolute atomic E-state index is 0. The van der Waals surface area contributed by atoms with Crippen LogP contribution < -0.4 is 19.5 Å². The highest BCUT2D eigenvalue weighted by Crippen LogP contribution is 2.34. The van der Waals surface area contributed by atoms with Crippen molar-refractivity contribution in [1.29, 1.82) is 0 Å². The maximum Gasteiger partial charge on any atom is 0.231 e. The molecule has 132 valence electrons. The molecule has 2 N–H and O–H groups in total. The summed E-state index contributed by atoms with van der Waals surface area (Å²) in [5, 5.41) is 11.5. The van der Waals surface area contributed by atoms with Crippen molar-refractivity contribution < 1.29 is 14.2 Å². The molecule has 0 unspecified atom stereocenters. The van der Waals surface area contributed by atoms with Crippen molar-refractivity contribution in [2.45, 2.75) is 13.5 Å². The van der Waals surface area contributed by atoms with E-state index in [1.54, 1.807) is 0 Å². The maximum absolute atomic E-state index is 5.72. The van der Waals surface area contributed by atoms with Crippen LogP contribution >= 0.6 is 12.4 Å². The highest BCUT2D eigenvalue weighted by Gasteiger charge is 2.13. The fourth-order valence-corrected chi connectivity index (χ4v) is 2.60. The summed E-state index contributed by atoms with van der Waals surface area (Å²) in [6, 6.07) is 7.70. The lowest BCUT2D eigenvalue weighted by Gasteiger charge is -2.08. The number of benzene rings is 1. The summed E-state index contributed by atoms with van der Waals surface area (Å²) in [5.41, 5.74) is 2.91. The predicted molar refractivity (Wildman–Crippen MR) is 95.6 cm³/mol. The van der Waals surface area contributed by atoms with Gasteiger partial charge in [0, 0.05) is 36.4 Å². The molecule has 0 saturated carbocycles. The van der Waals surface area contributed by atoms with Crippen LogP contribution in [0, 0.1) is 6.92 Å². The topological polar surface area (TPSA) is 81.3 Å². The monoisotopic (exact) mass is 362 g/mol. The standard InChI is InChI=1S/C17H18N4O3.ClH/c1-11-14-6-12(9-19-17(14)21-20-11)8-18-4-5-22-13-2-3-15-16(7-13)24-10-23-15;/h2-3,6-7,9,18H,4-5,8,10H2,1H3,(H,19,20,21);1H. The van der Waals surface area contributed by atoms with Crippen molar-refractivity contribution >= 4 is 23.4 Å². The molecule has 0 fully saturated rings. The summed E-state index contributed by atoms with van der Waals surface area (Å²) in [7, 11) is 0. The van der Waals surface area contributed by atoms with Gasteiger partial charge in [-0.05, 0) is 30.7 Å². The molecule has 1 aliphatic rings. The Balaban J connectivity index is 0.00000182. The molecule has 0 saturated heterocycles. The van der Waals surface area contributed by atoms with Gasteiger partial charge < -0.3 is 19.5 Å². The van der Waals surface area contributed by atoms with E-state index in [-0.39, 0.29) is 19.2 Å². The van der Waals surface area contributed by atoms with Crippen molar-refractivity contribution in [1.82, 2.24) is 20.5 Å². The Morgan fingerprint density at radius 1 is 1.24 bits per heavy atom. The Morgan fingerprint density at radius 3 is 3.04 bits per heavy atom. The van der Waals surface area contributed by atoms with E-state index in [9.17, 15) is 0 Å². The Morgan fingerprint density at radius 2 is 2.12 bits per heavy atom.